The smallest absolute Gasteiger partial charge is 0.311 e. The summed E-state index contributed by atoms with van der Waals surface area (Å²) in [6, 6.07) is 17.1. The molecule has 0 aliphatic carbocycles. The number of likely N-dealkylation sites (tertiary alicyclic amines) is 1. The van der Waals surface area contributed by atoms with Crippen LogP contribution in [0.2, 0.25) is 5.02 Å². The number of nitrogens with zero attached hydrogens (tertiary/aromatic N) is 2. The van der Waals surface area contributed by atoms with Gasteiger partial charge in [0.25, 0.3) is 0 Å². The molecule has 0 saturated carbocycles. The Balaban J connectivity index is 1.63. The summed E-state index contributed by atoms with van der Waals surface area (Å²) in [5, 5.41) is 5.34. The molecule has 2 heterocycles. The highest BCUT2D eigenvalue weighted by atomic mass is 35.5. The van der Waals surface area contributed by atoms with Gasteiger partial charge in [0.2, 0.25) is 5.91 Å². The number of carbonyl (C=O) groups is 2. The normalized spacial score (nSPS) is 17.2. The number of halogens is 1. The van der Waals surface area contributed by atoms with Crippen molar-refractivity contribution >= 4 is 55.6 Å². The van der Waals surface area contributed by atoms with Gasteiger partial charge in [-0.25, -0.2) is 13.4 Å². The molecule has 236 valence electrons. The van der Waals surface area contributed by atoms with Crippen LogP contribution in [0, 0.1) is 5.92 Å². The monoisotopic (exact) mass is 650 g/mol. The van der Waals surface area contributed by atoms with Crippen LogP contribution in [0.25, 0.3) is 10.8 Å². The van der Waals surface area contributed by atoms with Crippen molar-refractivity contribution < 1.29 is 27.5 Å². The molecule has 0 unspecified atom stereocenters. The molecular formula is C33H35ClN4O6S. The first-order chi connectivity index (χ1) is 21.6. The summed E-state index contributed by atoms with van der Waals surface area (Å²) in [4.78, 5) is 33.8. The molecule has 3 atom stereocenters. The zero-order valence-electron chi connectivity index (χ0n) is 25.2. The molecule has 1 saturated heterocycles. The minimum absolute atomic E-state index is 0.0879. The number of pyridine rings is 1. The van der Waals surface area contributed by atoms with E-state index < -0.39 is 33.8 Å². The van der Waals surface area contributed by atoms with Gasteiger partial charge in [0, 0.05) is 23.8 Å². The van der Waals surface area contributed by atoms with E-state index >= 15 is 0 Å². The van der Waals surface area contributed by atoms with Crippen molar-refractivity contribution in [1.82, 2.24) is 9.88 Å². The molecule has 1 aromatic heterocycles. The van der Waals surface area contributed by atoms with Crippen LogP contribution in [0.5, 0.6) is 5.75 Å². The van der Waals surface area contributed by atoms with Crippen molar-refractivity contribution in [3.63, 3.8) is 0 Å². The van der Waals surface area contributed by atoms with E-state index in [1.807, 2.05) is 18.2 Å². The lowest BCUT2D eigenvalue weighted by Gasteiger charge is -2.33. The number of esters is 1. The van der Waals surface area contributed by atoms with Crippen molar-refractivity contribution in [1.29, 1.82) is 0 Å². The van der Waals surface area contributed by atoms with Gasteiger partial charge < -0.3 is 25.4 Å². The number of fused-ring (bicyclic) bond motifs is 1. The minimum Gasteiger partial charge on any atom is -0.495 e. The standard InChI is InChI=1S/C33H35ClN4O6S/c1-4-44-33(40)25-15-17-38(30(25)24-8-6-7-9-28(24)45(41,42)5-2)32(39)29(21-10-13-26(34)27(19-21)43-3)37-22-11-12-23-20(18-22)14-16-36-31(23)35/h6-14,16,18-19,25,29-30,37H,4-5,15,17H2,1-3H3,(H2,35,36)/t25-,29-,30-/m0/s1. The fourth-order valence-electron chi connectivity index (χ4n) is 5.85. The number of hydrogen-bond donors (Lipinski definition) is 2. The Bertz CT molecular complexity index is 1850. The Morgan fingerprint density at radius 2 is 1.89 bits per heavy atom. The lowest BCUT2D eigenvalue weighted by molar-refractivity contribution is -0.149. The van der Waals surface area contributed by atoms with Crippen LogP contribution < -0.4 is 15.8 Å². The molecular weight excluding hydrogens is 616 g/mol. The summed E-state index contributed by atoms with van der Waals surface area (Å²) in [5.41, 5.74) is 7.63. The van der Waals surface area contributed by atoms with Crippen LogP contribution in [0.3, 0.4) is 0 Å². The number of nitrogens with two attached hydrogens (primary N) is 1. The Kier molecular flexibility index (Phi) is 9.50. The predicted octanol–water partition coefficient (Wildman–Crippen LogP) is 5.58. The zero-order chi connectivity index (χ0) is 32.3. The lowest BCUT2D eigenvalue weighted by Crippen LogP contribution is -2.40. The van der Waals surface area contributed by atoms with Gasteiger partial charge in [-0.1, -0.05) is 42.8 Å². The first-order valence-corrected chi connectivity index (χ1v) is 16.7. The molecule has 1 amide bonds. The second-order valence-corrected chi connectivity index (χ2v) is 13.3. The van der Waals surface area contributed by atoms with Gasteiger partial charge in [0.1, 0.15) is 17.6 Å². The van der Waals surface area contributed by atoms with Crippen molar-refractivity contribution in [2.45, 2.75) is 37.2 Å². The molecule has 0 radical (unpaired) electrons. The number of nitrogen functional groups attached to an aromatic ring is 1. The molecule has 10 nitrogen and oxygen atoms in total. The fraction of sp³-hybridized carbons (Fsp3) is 0.303. The third-order valence-corrected chi connectivity index (χ3v) is 10.2. The lowest BCUT2D eigenvalue weighted by atomic mass is 9.93. The van der Waals surface area contributed by atoms with Crippen LogP contribution in [-0.4, -0.2) is 56.2 Å². The summed E-state index contributed by atoms with van der Waals surface area (Å²) >= 11 is 6.34. The summed E-state index contributed by atoms with van der Waals surface area (Å²) < 4.78 is 37.3. The average Bonchev–Trinajstić information content (AvgIpc) is 3.49. The van der Waals surface area contributed by atoms with Crippen molar-refractivity contribution in [3.8, 4) is 5.75 Å². The van der Waals surface area contributed by atoms with Gasteiger partial charge in [-0.2, -0.15) is 0 Å². The highest BCUT2D eigenvalue weighted by Gasteiger charge is 2.46. The van der Waals surface area contributed by atoms with Gasteiger partial charge in [-0.05, 0) is 72.3 Å². The van der Waals surface area contributed by atoms with Gasteiger partial charge in [-0.3, -0.25) is 9.59 Å². The number of hydrogen-bond acceptors (Lipinski definition) is 9. The second-order valence-electron chi connectivity index (χ2n) is 10.7. The van der Waals surface area contributed by atoms with Crippen LogP contribution in [0.4, 0.5) is 11.5 Å². The topological polar surface area (TPSA) is 141 Å². The van der Waals surface area contributed by atoms with E-state index in [0.29, 0.717) is 39.8 Å². The number of anilines is 2. The third kappa shape index (κ3) is 6.41. The Labute approximate surface area is 267 Å². The first-order valence-electron chi connectivity index (χ1n) is 14.6. The fourth-order valence-corrected chi connectivity index (χ4v) is 7.19. The third-order valence-electron chi connectivity index (χ3n) is 8.08. The van der Waals surface area contributed by atoms with Crippen molar-refractivity contribution in [2.24, 2.45) is 5.92 Å². The van der Waals surface area contributed by atoms with Crippen LogP contribution in [0.1, 0.15) is 43.5 Å². The molecule has 0 bridgehead atoms. The number of aromatic nitrogens is 1. The molecule has 1 aliphatic rings. The summed E-state index contributed by atoms with van der Waals surface area (Å²) in [6.07, 6.45) is 1.91. The van der Waals surface area contributed by atoms with Crippen LogP contribution >= 0.6 is 11.6 Å². The molecule has 5 rings (SSSR count). The molecule has 3 aromatic carbocycles. The van der Waals surface area contributed by atoms with Gasteiger partial charge in [-0.15, -0.1) is 0 Å². The Morgan fingerprint density at radius 1 is 1.11 bits per heavy atom. The molecule has 0 spiro atoms. The largest absolute Gasteiger partial charge is 0.495 e. The number of rotatable bonds is 10. The number of ether oxygens (including phenoxy) is 2. The van der Waals surface area contributed by atoms with Crippen molar-refractivity contribution in [3.05, 3.63) is 89.1 Å². The van der Waals surface area contributed by atoms with E-state index in [9.17, 15) is 18.0 Å². The number of nitrogens with one attached hydrogen (secondary N) is 1. The average molecular weight is 651 g/mol. The molecule has 3 N–H and O–H groups in total. The number of sulfone groups is 1. The van der Waals surface area contributed by atoms with Gasteiger partial charge in [0.15, 0.2) is 9.84 Å². The zero-order valence-corrected chi connectivity index (χ0v) is 26.8. The maximum Gasteiger partial charge on any atom is 0.311 e. The molecule has 12 heteroatoms. The van der Waals surface area contributed by atoms with Gasteiger partial charge >= 0.3 is 5.97 Å². The van der Waals surface area contributed by atoms with E-state index in [0.717, 1.165) is 10.8 Å². The minimum atomic E-state index is -3.69. The highest BCUT2D eigenvalue weighted by Crippen LogP contribution is 2.43. The summed E-state index contributed by atoms with van der Waals surface area (Å²) in [5.74, 6) is -0.980. The number of amides is 1. The maximum atomic E-state index is 14.8. The quantitative estimate of drug-likeness (QED) is 0.210. The number of benzene rings is 3. The number of carbonyl (C=O) groups excluding carboxylic acids is 2. The summed E-state index contributed by atoms with van der Waals surface area (Å²) in [6.45, 7) is 3.63. The predicted molar refractivity (Wildman–Crippen MR) is 174 cm³/mol. The van der Waals surface area contributed by atoms with E-state index in [-0.39, 0.29) is 29.7 Å². The van der Waals surface area contributed by atoms with E-state index in [2.05, 4.69) is 10.3 Å². The Morgan fingerprint density at radius 3 is 2.62 bits per heavy atom. The highest BCUT2D eigenvalue weighted by molar-refractivity contribution is 7.91. The summed E-state index contributed by atoms with van der Waals surface area (Å²) in [7, 11) is -2.20. The number of methoxy groups -OCH3 is 1. The van der Waals surface area contributed by atoms with E-state index in [1.54, 1.807) is 67.4 Å². The molecule has 1 fully saturated rings. The second kappa shape index (κ2) is 13.3. The Hall–Kier alpha value is -4.35. The van der Waals surface area contributed by atoms with Gasteiger partial charge in [0.05, 0.1) is 41.3 Å². The van der Waals surface area contributed by atoms with Crippen LogP contribution in [-0.2, 0) is 24.2 Å². The van der Waals surface area contributed by atoms with Crippen LogP contribution in [0.15, 0.2) is 77.8 Å². The maximum absolute atomic E-state index is 14.8. The molecule has 45 heavy (non-hydrogen) atoms. The van der Waals surface area contributed by atoms with Crippen molar-refractivity contribution in [2.75, 3.05) is 37.1 Å². The molecule has 1 aliphatic heterocycles. The molecule has 4 aromatic rings. The SMILES string of the molecule is CCOC(=O)[C@H]1CCN(C(=O)[C@@H](Nc2ccc3c(N)nccc3c2)c2ccc(Cl)c(OC)c2)[C@H]1c1ccccc1S(=O)(=O)CC. The van der Waals surface area contributed by atoms with E-state index in [4.69, 9.17) is 26.8 Å². The first kappa shape index (κ1) is 32.1. The van der Waals surface area contributed by atoms with E-state index in [1.165, 1.54) is 13.2 Å².